The largest absolute Gasteiger partial charge is 0.478 e. The van der Waals surface area contributed by atoms with E-state index in [1.165, 1.54) is 17.0 Å². The first-order valence-corrected chi connectivity index (χ1v) is 6.99. The van der Waals surface area contributed by atoms with Crippen LogP contribution in [0.15, 0.2) is 18.2 Å². The van der Waals surface area contributed by atoms with Crippen LogP contribution in [-0.4, -0.2) is 42.3 Å². The van der Waals surface area contributed by atoms with Crippen LogP contribution in [0.5, 0.6) is 0 Å². The fourth-order valence-corrected chi connectivity index (χ4v) is 3.23. The van der Waals surface area contributed by atoms with Crippen molar-refractivity contribution in [3.8, 4) is 0 Å². The Balaban J connectivity index is 1.95. The lowest BCUT2D eigenvalue weighted by molar-refractivity contribution is -0.130. The van der Waals surface area contributed by atoms with Gasteiger partial charge in [0.25, 0.3) is 5.91 Å². The zero-order chi connectivity index (χ0) is 15.2. The molecule has 0 saturated carbocycles. The van der Waals surface area contributed by atoms with Crippen molar-refractivity contribution >= 4 is 17.6 Å². The van der Waals surface area contributed by atoms with Gasteiger partial charge in [0.15, 0.2) is 5.67 Å². The molecule has 1 aromatic rings. The Morgan fingerprint density at radius 3 is 2.90 bits per heavy atom. The maximum atomic E-state index is 14.9. The number of aryl methyl sites for hydroxylation is 1. The third-order valence-corrected chi connectivity index (χ3v) is 4.44. The molecule has 2 aliphatic heterocycles. The quantitative estimate of drug-likeness (QED) is 0.863. The molecule has 2 fully saturated rings. The summed E-state index contributed by atoms with van der Waals surface area (Å²) in [5, 5.41) is 12.1. The van der Waals surface area contributed by atoms with Crippen molar-refractivity contribution in [3.05, 3.63) is 29.3 Å². The SMILES string of the molecule is Cc1cc(C(=O)O)ccc1N1C[C@H]2CNCC[C@@]2(F)C1=O. The number of carboxylic acids is 1. The van der Waals surface area contributed by atoms with Crippen LogP contribution >= 0.6 is 0 Å². The number of amides is 1. The summed E-state index contributed by atoms with van der Waals surface area (Å²) in [6.07, 6.45) is 0.194. The van der Waals surface area contributed by atoms with Crippen molar-refractivity contribution in [2.24, 2.45) is 5.92 Å². The van der Waals surface area contributed by atoms with Crippen LogP contribution in [-0.2, 0) is 4.79 Å². The molecule has 2 atom stereocenters. The number of aromatic carboxylic acids is 1. The number of rotatable bonds is 2. The third kappa shape index (κ3) is 2.10. The summed E-state index contributed by atoms with van der Waals surface area (Å²) in [4.78, 5) is 24.9. The zero-order valence-corrected chi connectivity index (χ0v) is 11.7. The Morgan fingerprint density at radius 2 is 2.29 bits per heavy atom. The molecule has 112 valence electrons. The fourth-order valence-electron chi connectivity index (χ4n) is 3.23. The summed E-state index contributed by atoms with van der Waals surface area (Å²) in [7, 11) is 0. The number of benzene rings is 1. The van der Waals surface area contributed by atoms with Crippen LogP contribution in [0.2, 0.25) is 0 Å². The van der Waals surface area contributed by atoms with E-state index in [2.05, 4.69) is 5.32 Å². The standard InChI is InChI=1S/C15H17FN2O3/c1-9-6-10(13(19)20)2-3-12(9)18-8-11-7-17-5-4-15(11,16)14(18)21/h2-3,6,11,17H,4-5,7-8H2,1H3,(H,19,20)/t11-,15+/m1/s1. The lowest BCUT2D eigenvalue weighted by atomic mass is 9.86. The number of hydrogen-bond donors (Lipinski definition) is 2. The van der Waals surface area contributed by atoms with Gasteiger partial charge in [-0.2, -0.15) is 0 Å². The number of nitrogens with zero attached hydrogens (tertiary/aromatic N) is 1. The molecule has 0 spiro atoms. The minimum absolute atomic E-state index is 0.164. The van der Waals surface area contributed by atoms with Crippen molar-refractivity contribution in [1.82, 2.24) is 5.32 Å². The van der Waals surface area contributed by atoms with Crippen molar-refractivity contribution in [2.45, 2.75) is 19.0 Å². The molecule has 2 saturated heterocycles. The van der Waals surface area contributed by atoms with Crippen molar-refractivity contribution < 1.29 is 19.1 Å². The molecular formula is C15H17FN2O3. The first-order valence-electron chi connectivity index (χ1n) is 6.99. The summed E-state index contributed by atoms with van der Waals surface area (Å²) >= 11 is 0. The van der Waals surface area contributed by atoms with Crippen molar-refractivity contribution in [1.29, 1.82) is 0 Å². The average Bonchev–Trinajstić information content (AvgIpc) is 2.71. The number of alkyl halides is 1. The van der Waals surface area contributed by atoms with Crippen molar-refractivity contribution in [3.63, 3.8) is 0 Å². The van der Waals surface area contributed by atoms with Gasteiger partial charge < -0.3 is 15.3 Å². The summed E-state index contributed by atoms with van der Waals surface area (Å²) in [6, 6.07) is 4.55. The van der Waals surface area contributed by atoms with Gasteiger partial charge in [0.05, 0.1) is 5.56 Å². The zero-order valence-electron chi connectivity index (χ0n) is 11.7. The van der Waals surface area contributed by atoms with E-state index in [0.29, 0.717) is 30.9 Å². The Labute approximate surface area is 121 Å². The highest BCUT2D eigenvalue weighted by atomic mass is 19.1. The number of fused-ring (bicyclic) bond motifs is 1. The number of anilines is 1. The highest BCUT2D eigenvalue weighted by molar-refractivity contribution is 6.03. The lowest BCUT2D eigenvalue weighted by Gasteiger charge is -2.29. The molecule has 21 heavy (non-hydrogen) atoms. The number of piperidine rings is 1. The number of hydrogen-bond acceptors (Lipinski definition) is 3. The highest BCUT2D eigenvalue weighted by Gasteiger charge is 2.56. The van der Waals surface area contributed by atoms with Gasteiger partial charge in [0, 0.05) is 31.1 Å². The van der Waals surface area contributed by atoms with Gasteiger partial charge >= 0.3 is 5.97 Å². The van der Waals surface area contributed by atoms with Crippen molar-refractivity contribution in [2.75, 3.05) is 24.5 Å². The maximum absolute atomic E-state index is 14.9. The normalized spacial score (nSPS) is 28.6. The van der Waals surface area contributed by atoms with E-state index in [0.717, 1.165) is 0 Å². The third-order valence-electron chi connectivity index (χ3n) is 4.44. The van der Waals surface area contributed by atoms with E-state index in [4.69, 9.17) is 5.11 Å². The second-order valence-corrected chi connectivity index (χ2v) is 5.74. The minimum atomic E-state index is -1.79. The summed E-state index contributed by atoms with van der Waals surface area (Å²) < 4.78 is 14.9. The number of halogens is 1. The molecule has 0 bridgehead atoms. The van der Waals surface area contributed by atoms with Crippen LogP contribution in [0.3, 0.4) is 0 Å². The average molecular weight is 292 g/mol. The van der Waals surface area contributed by atoms with Crippen LogP contribution in [0.25, 0.3) is 0 Å². The second-order valence-electron chi connectivity index (χ2n) is 5.74. The van der Waals surface area contributed by atoms with Gasteiger partial charge in [-0.1, -0.05) is 0 Å². The van der Waals surface area contributed by atoms with E-state index >= 15 is 0 Å². The number of carbonyl (C=O) groups excluding carboxylic acids is 1. The molecule has 2 N–H and O–H groups in total. The molecule has 1 amide bonds. The predicted molar refractivity (Wildman–Crippen MR) is 75.3 cm³/mol. The Morgan fingerprint density at radius 1 is 1.52 bits per heavy atom. The van der Waals surface area contributed by atoms with E-state index in [1.54, 1.807) is 13.0 Å². The monoisotopic (exact) mass is 292 g/mol. The highest BCUT2D eigenvalue weighted by Crippen LogP contribution is 2.40. The Hall–Kier alpha value is -1.95. The molecule has 2 aliphatic rings. The number of nitrogens with one attached hydrogen (secondary N) is 1. The van der Waals surface area contributed by atoms with Gasteiger partial charge in [0.1, 0.15) is 0 Å². The van der Waals surface area contributed by atoms with E-state index in [9.17, 15) is 14.0 Å². The molecule has 0 radical (unpaired) electrons. The molecular weight excluding hydrogens is 275 g/mol. The number of carboxylic acid groups (broad SMARTS) is 1. The molecule has 5 nitrogen and oxygen atoms in total. The molecule has 6 heteroatoms. The molecule has 0 aliphatic carbocycles. The first-order chi connectivity index (χ1) is 9.93. The Kier molecular flexibility index (Phi) is 3.20. The summed E-state index contributed by atoms with van der Waals surface area (Å²) in [6.45, 7) is 3.06. The van der Waals surface area contributed by atoms with Crippen LogP contribution in [0.4, 0.5) is 10.1 Å². The lowest BCUT2D eigenvalue weighted by Crippen LogP contribution is -2.49. The molecule has 0 unspecified atom stereocenters. The molecule has 3 rings (SSSR count). The number of carbonyl (C=O) groups is 2. The molecule has 0 aromatic heterocycles. The van der Waals surface area contributed by atoms with E-state index < -0.39 is 17.5 Å². The molecule has 1 aromatic carbocycles. The van der Waals surface area contributed by atoms with Gasteiger partial charge in [-0.15, -0.1) is 0 Å². The van der Waals surface area contributed by atoms with Crippen LogP contribution in [0.1, 0.15) is 22.3 Å². The molecule has 2 heterocycles. The van der Waals surface area contributed by atoms with Gasteiger partial charge in [0.2, 0.25) is 0 Å². The van der Waals surface area contributed by atoms with Crippen LogP contribution < -0.4 is 10.2 Å². The topological polar surface area (TPSA) is 69.6 Å². The summed E-state index contributed by atoms with van der Waals surface area (Å²) in [5.41, 5.74) is -0.366. The van der Waals surface area contributed by atoms with E-state index in [-0.39, 0.29) is 17.9 Å². The van der Waals surface area contributed by atoms with E-state index in [1.807, 2.05) is 0 Å². The summed E-state index contributed by atoms with van der Waals surface area (Å²) in [5.74, 6) is -1.87. The fraction of sp³-hybridized carbons (Fsp3) is 0.467. The van der Waals surface area contributed by atoms with Gasteiger partial charge in [-0.3, -0.25) is 4.79 Å². The minimum Gasteiger partial charge on any atom is -0.478 e. The van der Waals surface area contributed by atoms with Gasteiger partial charge in [-0.05, 0) is 37.2 Å². The Bertz CT molecular complexity index is 619. The smallest absolute Gasteiger partial charge is 0.335 e. The predicted octanol–water partition coefficient (Wildman–Crippen LogP) is 1.36. The first kappa shape index (κ1) is 14.0. The van der Waals surface area contributed by atoms with Gasteiger partial charge in [-0.25, -0.2) is 9.18 Å². The maximum Gasteiger partial charge on any atom is 0.335 e. The second kappa shape index (κ2) is 4.80. The van der Waals surface area contributed by atoms with Crippen LogP contribution in [0, 0.1) is 12.8 Å².